The van der Waals surface area contributed by atoms with Crippen LogP contribution in [0, 0.1) is 6.92 Å². The van der Waals surface area contributed by atoms with Gasteiger partial charge in [0.2, 0.25) is 0 Å². The monoisotopic (exact) mass is 190 g/mol. The minimum atomic E-state index is 0.303. The molecule has 2 N–H and O–H groups in total. The van der Waals surface area contributed by atoms with Gasteiger partial charge in [-0.3, -0.25) is 0 Å². The van der Waals surface area contributed by atoms with Crippen molar-refractivity contribution in [3.05, 3.63) is 28.3 Å². The lowest BCUT2D eigenvalue weighted by molar-refractivity contribution is 0.449. The van der Waals surface area contributed by atoms with E-state index in [1.54, 1.807) is 13.0 Å². The minimum absolute atomic E-state index is 0.303. The molecule has 1 aliphatic carbocycles. The zero-order chi connectivity index (χ0) is 10.3. The van der Waals surface area contributed by atoms with Crippen LogP contribution in [-0.2, 0) is 6.42 Å². The van der Waals surface area contributed by atoms with Crippen molar-refractivity contribution < 1.29 is 10.2 Å². The van der Waals surface area contributed by atoms with E-state index < -0.39 is 0 Å². The smallest absolute Gasteiger partial charge is 0.126 e. The highest BCUT2D eigenvalue weighted by molar-refractivity contribution is 5.69. The van der Waals surface area contributed by atoms with Gasteiger partial charge in [0.25, 0.3) is 0 Å². The average Bonchev–Trinajstić information content (AvgIpc) is 2.14. The molecule has 1 aliphatic rings. The van der Waals surface area contributed by atoms with Crippen molar-refractivity contribution in [3.8, 4) is 11.5 Å². The van der Waals surface area contributed by atoms with E-state index in [9.17, 15) is 10.2 Å². The molecule has 14 heavy (non-hydrogen) atoms. The van der Waals surface area contributed by atoms with Crippen molar-refractivity contribution in [1.29, 1.82) is 0 Å². The summed E-state index contributed by atoms with van der Waals surface area (Å²) in [7, 11) is 0. The van der Waals surface area contributed by atoms with Crippen molar-refractivity contribution in [2.75, 3.05) is 0 Å². The third-order valence-electron chi connectivity index (χ3n) is 2.78. The number of fused-ring (bicyclic) bond motifs is 1. The predicted molar refractivity (Wildman–Crippen MR) is 56.5 cm³/mol. The molecule has 0 amide bonds. The molecule has 2 nitrogen and oxygen atoms in total. The SMILES string of the molecule is CC1=Cc2c(O)c(C)cc(O)c2CC1. The van der Waals surface area contributed by atoms with Crippen molar-refractivity contribution >= 4 is 6.08 Å². The third-order valence-corrected chi connectivity index (χ3v) is 2.78. The highest BCUT2D eigenvalue weighted by Crippen LogP contribution is 2.38. The zero-order valence-electron chi connectivity index (χ0n) is 8.46. The summed E-state index contributed by atoms with van der Waals surface area (Å²) in [4.78, 5) is 0. The average molecular weight is 190 g/mol. The maximum absolute atomic E-state index is 9.83. The molecule has 0 saturated heterocycles. The molecule has 0 atom stereocenters. The largest absolute Gasteiger partial charge is 0.508 e. The van der Waals surface area contributed by atoms with Crippen LogP contribution < -0.4 is 0 Å². The molecule has 2 heteroatoms. The van der Waals surface area contributed by atoms with E-state index in [-0.39, 0.29) is 0 Å². The maximum Gasteiger partial charge on any atom is 0.126 e. The summed E-state index contributed by atoms with van der Waals surface area (Å²) >= 11 is 0. The lowest BCUT2D eigenvalue weighted by atomic mass is 9.90. The Kier molecular flexibility index (Phi) is 1.99. The number of aromatic hydroxyl groups is 2. The molecule has 0 bridgehead atoms. The first-order valence-corrected chi connectivity index (χ1v) is 4.81. The number of phenols is 2. The van der Waals surface area contributed by atoms with E-state index >= 15 is 0 Å². The number of benzene rings is 1. The number of aryl methyl sites for hydroxylation is 1. The normalized spacial score (nSPS) is 14.9. The summed E-state index contributed by atoms with van der Waals surface area (Å²) in [5.41, 5.74) is 3.65. The highest BCUT2D eigenvalue weighted by atomic mass is 16.3. The predicted octanol–water partition coefficient (Wildman–Crippen LogP) is 2.76. The molecule has 1 aromatic carbocycles. The molecule has 0 spiro atoms. The number of hydrogen-bond acceptors (Lipinski definition) is 2. The van der Waals surface area contributed by atoms with E-state index in [2.05, 4.69) is 0 Å². The Bertz CT molecular complexity index is 417. The van der Waals surface area contributed by atoms with E-state index in [0.717, 1.165) is 29.5 Å². The van der Waals surface area contributed by atoms with Gasteiger partial charge in [-0.15, -0.1) is 0 Å². The van der Waals surface area contributed by atoms with Crippen LogP contribution in [0.15, 0.2) is 11.6 Å². The van der Waals surface area contributed by atoms with Gasteiger partial charge >= 0.3 is 0 Å². The lowest BCUT2D eigenvalue weighted by Crippen LogP contribution is -1.99. The topological polar surface area (TPSA) is 40.5 Å². The summed E-state index contributed by atoms with van der Waals surface area (Å²) < 4.78 is 0. The van der Waals surface area contributed by atoms with E-state index in [4.69, 9.17) is 0 Å². The highest BCUT2D eigenvalue weighted by Gasteiger charge is 2.17. The number of allylic oxidation sites excluding steroid dienone is 1. The van der Waals surface area contributed by atoms with Gasteiger partial charge in [-0.2, -0.15) is 0 Å². The molecule has 1 aromatic rings. The fraction of sp³-hybridized carbons (Fsp3) is 0.333. The standard InChI is InChI=1S/C12H14O2/c1-7-3-4-9-10(5-7)12(14)8(2)6-11(9)13/h5-6,13-14H,3-4H2,1-2H3. The molecule has 0 heterocycles. The molecule has 74 valence electrons. The second kappa shape index (κ2) is 3.05. The van der Waals surface area contributed by atoms with Crippen molar-refractivity contribution in [1.82, 2.24) is 0 Å². The first-order chi connectivity index (χ1) is 6.59. The molecular weight excluding hydrogens is 176 g/mol. The molecule has 0 radical (unpaired) electrons. The zero-order valence-corrected chi connectivity index (χ0v) is 8.46. The van der Waals surface area contributed by atoms with Gasteiger partial charge in [-0.25, -0.2) is 0 Å². The van der Waals surface area contributed by atoms with Crippen LogP contribution in [0.4, 0.5) is 0 Å². The van der Waals surface area contributed by atoms with E-state index in [0.29, 0.717) is 11.5 Å². The van der Waals surface area contributed by atoms with Gasteiger partial charge in [-0.05, 0) is 38.3 Å². The van der Waals surface area contributed by atoms with Gasteiger partial charge in [0.15, 0.2) is 0 Å². The molecule has 0 unspecified atom stereocenters. The lowest BCUT2D eigenvalue weighted by Gasteiger charge is -2.17. The second-order valence-corrected chi connectivity index (χ2v) is 3.94. The van der Waals surface area contributed by atoms with Crippen LogP contribution in [-0.4, -0.2) is 10.2 Å². The van der Waals surface area contributed by atoms with E-state index in [1.165, 1.54) is 5.57 Å². The summed E-state index contributed by atoms with van der Waals surface area (Å²) in [5, 5.41) is 19.5. The Balaban J connectivity index is 2.71. The summed E-state index contributed by atoms with van der Waals surface area (Å²) in [5.74, 6) is 0.607. The minimum Gasteiger partial charge on any atom is -0.508 e. The molecule has 0 aromatic heterocycles. The number of rotatable bonds is 0. The summed E-state index contributed by atoms with van der Waals surface area (Å²) in [6, 6.07) is 1.63. The van der Waals surface area contributed by atoms with Gasteiger partial charge in [0.05, 0.1) is 0 Å². The molecular formula is C12H14O2. The Morgan fingerprint density at radius 2 is 1.86 bits per heavy atom. The molecule has 0 aliphatic heterocycles. The summed E-state index contributed by atoms with van der Waals surface area (Å²) in [6.45, 7) is 3.84. The Labute approximate surface area is 83.5 Å². The molecule has 0 saturated carbocycles. The fourth-order valence-electron chi connectivity index (χ4n) is 1.91. The van der Waals surface area contributed by atoms with Crippen LogP contribution in [0.5, 0.6) is 11.5 Å². The maximum atomic E-state index is 9.83. The molecule has 2 rings (SSSR count). The Morgan fingerprint density at radius 1 is 1.14 bits per heavy atom. The Morgan fingerprint density at radius 3 is 2.57 bits per heavy atom. The van der Waals surface area contributed by atoms with Crippen molar-refractivity contribution in [2.45, 2.75) is 26.7 Å². The van der Waals surface area contributed by atoms with Crippen molar-refractivity contribution in [3.63, 3.8) is 0 Å². The van der Waals surface area contributed by atoms with Gasteiger partial charge < -0.3 is 10.2 Å². The van der Waals surface area contributed by atoms with Gasteiger partial charge in [0, 0.05) is 11.1 Å². The fourth-order valence-corrected chi connectivity index (χ4v) is 1.91. The second-order valence-electron chi connectivity index (χ2n) is 3.94. The van der Waals surface area contributed by atoms with Crippen molar-refractivity contribution in [2.24, 2.45) is 0 Å². The number of phenolic OH excluding ortho intramolecular Hbond substituents is 2. The first-order valence-electron chi connectivity index (χ1n) is 4.81. The molecule has 0 fully saturated rings. The Hall–Kier alpha value is -1.44. The van der Waals surface area contributed by atoms with Crippen LogP contribution in [0.3, 0.4) is 0 Å². The quantitative estimate of drug-likeness (QED) is 0.617. The summed E-state index contributed by atoms with van der Waals surface area (Å²) in [6.07, 6.45) is 3.74. The first kappa shape index (κ1) is 9.13. The van der Waals surface area contributed by atoms with Crippen LogP contribution in [0.25, 0.3) is 6.08 Å². The third kappa shape index (κ3) is 1.27. The van der Waals surface area contributed by atoms with Gasteiger partial charge in [-0.1, -0.05) is 11.6 Å². The van der Waals surface area contributed by atoms with E-state index in [1.807, 2.05) is 13.0 Å². The van der Waals surface area contributed by atoms with Gasteiger partial charge in [0.1, 0.15) is 11.5 Å². The number of hydrogen-bond donors (Lipinski definition) is 2. The van der Waals surface area contributed by atoms with Crippen LogP contribution >= 0.6 is 0 Å². The van der Waals surface area contributed by atoms with Crippen LogP contribution in [0.2, 0.25) is 0 Å². The van der Waals surface area contributed by atoms with Crippen LogP contribution in [0.1, 0.15) is 30.0 Å².